The molecule has 0 radical (unpaired) electrons. The Morgan fingerprint density at radius 1 is 0.943 bits per heavy atom. The van der Waals surface area contributed by atoms with E-state index in [-0.39, 0.29) is 49.7 Å². The highest BCUT2D eigenvalue weighted by molar-refractivity contribution is 5.95. The molecule has 0 saturated carbocycles. The normalized spacial score (nSPS) is 26.6. The van der Waals surface area contributed by atoms with Crippen LogP contribution in [0.5, 0.6) is 0 Å². The molecule has 4 N–H and O–H groups in total. The molecule has 6 rings (SSSR count). The topological polar surface area (TPSA) is 158 Å². The van der Waals surface area contributed by atoms with Crippen LogP contribution in [-0.4, -0.2) is 111 Å². The number of nitrogens with zero attached hydrogens (tertiary/aromatic N) is 4. The average molecular weight is 730 g/mol. The van der Waals surface area contributed by atoms with Gasteiger partial charge >= 0.3 is 0 Å². The molecule has 53 heavy (non-hydrogen) atoms. The fourth-order valence-electron chi connectivity index (χ4n) is 7.89. The minimum atomic E-state index is -1.07. The number of para-hydroxylation sites is 2. The summed E-state index contributed by atoms with van der Waals surface area (Å²) < 4.78 is 8.31. The summed E-state index contributed by atoms with van der Waals surface area (Å²) in [6.45, 7) is 7.90. The van der Waals surface area contributed by atoms with Crippen molar-refractivity contribution >= 4 is 34.7 Å². The van der Waals surface area contributed by atoms with Gasteiger partial charge in [0.25, 0.3) is 0 Å². The van der Waals surface area contributed by atoms with Gasteiger partial charge in [-0.25, -0.2) is 4.98 Å². The van der Waals surface area contributed by atoms with Crippen LogP contribution in [0.25, 0.3) is 11.0 Å². The van der Waals surface area contributed by atoms with Gasteiger partial charge in [0.2, 0.25) is 23.6 Å². The number of carbonyl (C=O) groups excluding carboxylic acids is 4. The number of fused-ring (bicyclic) bond motifs is 4. The number of nitrogens with one attached hydrogen (secondary N) is 3. The van der Waals surface area contributed by atoms with Crippen molar-refractivity contribution in [2.45, 2.75) is 115 Å². The second kappa shape index (κ2) is 17.7. The van der Waals surface area contributed by atoms with Crippen molar-refractivity contribution in [1.82, 2.24) is 35.3 Å². The molecule has 13 nitrogen and oxygen atoms in total. The van der Waals surface area contributed by atoms with Gasteiger partial charge in [-0.05, 0) is 55.7 Å². The first kappa shape index (κ1) is 38.4. The van der Waals surface area contributed by atoms with Gasteiger partial charge in [-0.15, -0.1) is 0 Å². The maximum Gasteiger partial charge on any atom is 0.246 e. The summed E-state index contributed by atoms with van der Waals surface area (Å²) in [6.07, 6.45) is 2.26. The van der Waals surface area contributed by atoms with E-state index in [1.165, 1.54) is 0 Å². The average Bonchev–Trinajstić information content (AvgIpc) is 3.76. The molecule has 1 aromatic heterocycles. The zero-order valence-electron chi connectivity index (χ0n) is 31.2. The number of carbonyl (C=O) groups is 4. The zero-order chi connectivity index (χ0) is 37.5. The van der Waals surface area contributed by atoms with Crippen molar-refractivity contribution in [3.05, 3.63) is 66.0 Å². The van der Waals surface area contributed by atoms with Gasteiger partial charge in [0.1, 0.15) is 30.1 Å². The molecule has 3 saturated heterocycles. The minimum Gasteiger partial charge on any atom is -0.388 e. The second-order valence-corrected chi connectivity index (χ2v) is 15.2. The van der Waals surface area contributed by atoms with E-state index in [1.807, 2.05) is 73.3 Å². The van der Waals surface area contributed by atoms with Crippen molar-refractivity contribution in [3.63, 3.8) is 0 Å². The number of aliphatic hydroxyl groups excluding tert-OH is 1. The molecule has 286 valence electrons. The summed E-state index contributed by atoms with van der Waals surface area (Å²) in [4.78, 5) is 64.6. The maximum absolute atomic E-state index is 14.4. The fourth-order valence-corrected chi connectivity index (χ4v) is 7.89. The lowest BCUT2D eigenvalue weighted by Crippen LogP contribution is -2.60. The predicted octanol–water partition coefficient (Wildman–Crippen LogP) is 2.54. The molecule has 13 heteroatoms. The van der Waals surface area contributed by atoms with Gasteiger partial charge in [0.15, 0.2) is 0 Å². The van der Waals surface area contributed by atoms with Gasteiger partial charge in [0, 0.05) is 32.7 Å². The smallest absolute Gasteiger partial charge is 0.246 e. The summed E-state index contributed by atoms with van der Waals surface area (Å²) >= 11 is 0. The number of imidazole rings is 1. The van der Waals surface area contributed by atoms with Gasteiger partial charge in [-0.2, -0.15) is 0 Å². The van der Waals surface area contributed by atoms with Crippen LogP contribution in [0.2, 0.25) is 0 Å². The van der Waals surface area contributed by atoms with Crippen LogP contribution in [0.1, 0.15) is 70.7 Å². The molecular formula is C40H55N7O6. The van der Waals surface area contributed by atoms with Crippen LogP contribution in [0.3, 0.4) is 0 Å². The third-order valence-corrected chi connectivity index (χ3v) is 10.6. The van der Waals surface area contributed by atoms with Crippen LogP contribution in [0.4, 0.5) is 0 Å². The lowest BCUT2D eigenvalue weighted by atomic mass is 9.97. The van der Waals surface area contributed by atoms with Crippen LogP contribution in [0.15, 0.2) is 54.6 Å². The largest absolute Gasteiger partial charge is 0.388 e. The standard InChI is InChI=1S/C40H55N7O6/c1-4-5-18-46-32-15-10-9-14-28(32)41-35(46)24-45-23-34-37(49)29(17-20-53-34)43-38(50)30(21-26(2)3)44-39(51)33-16-11-19-47(33)40(52)31(42-36(48)25-45)22-27-12-7-6-8-13-27/h6-10,12-15,26,29-31,33-34,37,49H,4-5,11,16-25H2,1-3H3,(H,42,48)(H,43,50)(H,44,51)/t29-,30+,31-,33+,34+,37-/m0/s1. The lowest BCUT2D eigenvalue weighted by molar-refractivity contribution is -0.142. The van der Waals surface area contributed by atoms with E-state index < -0.39 is 42.3 Å². The summed E-state index contributed by atoms with van der Waals surface area (Å²) in [7, 11) is 0. The van der Waals surface area contributed by atoms with Crippen molar-refractivity contribution in [3.8, 4) is 0 Å². The molecule has 2 aromatic carbocycles. The Morgan fingerprint density at radius 3 is 2.49 bits per heavy atom. The van der Waals surface area contributed by atoms with Gasteiger partial charge in [-0.1, -0.05) is 69.7 Å². The molecule has 3 fully saturated rings. The van der Waals surface area contributed by atoms with Crippen LogP contribution in [0, 0.1) is 5.92 Å². The Hall–Kier alpha value is -4.33. The first-order valence-corrected chi connectivity index (χ1v) is 19.3. The Bertz CT molecular complexity index is 1730. The van der Waals surface area contributed by atoms with E-state index in [1.54, 1.807) is 4.90 Å². The third kappa shape index (κ3) is 9.43. The first-order chi connectivity index (χ1) is 25.6. The van der Waals surface area contributed by atoms with Gasteiger partial charge in [0.05, 0.1) is 36.3 Å². The van der Waals surface area contributed by atoms with Crippen LogP contribution < -0.4 is 16.0 Å². The molecule has 0 unspecified atom stereocenters. The number of aliphatic hydroxyl groups is 1. The van der Waals surface area contributed by atoms with E-state index in [0.717, 1.165) is 41.8 Å². The zero-order valence-corrected chi connectivity index (χ0v) is 31.2. The molecule has 3 aliphatic heterocycles. The molecule has 4 amide bonds. The predicted molar refractivity (Wildman–Crippen MR) is 200 cm³/mol. The van der Waals surface area contributed by atoms with Crippen molar-refractivity contribution in [2.24, 2.45) is 5.92 Å². The highest BCUT2D eigenvalue weighted by Crippen LogP contribution is 2.24. The second-order valence-electron chi connectivity index (χ2n) is 15.2. The Balaban J connectivity index is 1.36. The number of unbranched alkanes of at least 4 members (excludes halogenated alkanes) is 1. The Kier molecular flexibility index (Phi) is 12.8. The number of aryl methyl sites for hydroxylation is 1. The van der Waals surface area contributed by atoms with Gasteiger partial charge in [-0.3, -0.25) is 24.1 Å². The molecule has 0 aliphatic carbocycles. The number of aromatic nitrogens is 2. The minimum absolute atomic E-state index is 0.0920. The SMILES string of the molecule is CCCCn1c(CN2CC(=O)N[C@@H](Cc3ccccc3)C(=O)N3CCC[C@@H]3C(=O)N[C@H](CC(C)C)C(=O)N[C@H]3CCO[C@H](C2)[C@H]3O)nc2ccccc21. The van der Waals surface area contributed by atoms with Crippen molar-refractivity contribution in [2.75, 3.05) is 26.2 Å². The number of amides is 4. The Morgan fingerprint density at radius 2 is 1.72 bits per heavy atom. The van der Waals surface area contributed by atoms with Crippen molar-refractivity contribution < 1.29 is 29.0 Å². The quantitative estimate of drug-likeness (QED) is 0.262. The first-order valence-electron chi connectivity index (χ1n) is 19.3. The van der Waals surface area contributed by atoms with Crippen molar-refractivity contribution in [1.29, 1.82) is 0 Å². The summed E-state index contributed by atoms with van der Waals surface area (Å²) in [6, 6.07) is 14.3. The number of benzene rings is 2. The summed E-state index contributed by atoms with van der Waals surface area (Å²) in [5, 5.41) is 20.7. The highest BCUT2D eigenvalue weighted by atomic mass is 16.5. The van der Waals surface area contributed by atoms with E-state index in [9.17, 15) is 24.3 Å². The van der Waals surface area contributed by atoms with E-state index >= 15 is 0 Å². The molecule has 0 spiro atoms. The van der Waals surface area contributed by atoms with Crippen LogP contribution >= 0.6 is 0 Å². The molecule has 2 bridgehead atoms. The van der Waals surface area contributed by atoms with Gasteiger partial charge < -0.3 is 35.3 Å². The lowest BCUT2D eigenvalue weighted by Gasteiger charge is -2.38. The number of rotatable bonds is 9. The van der Waals surface area contributed by atoms with E-state index in [4.69, 9.17) is 9.72 Å². The summed E-state index contributed by atoms with van der Waals surface area (Å²) in [5.41, 5.74) is 2.74. The number of hydrogen-bond acceptors (Lipinski definition) is 8. The number of ether oxygens (including phenoxy) is 1. The molecule has 3 aliphatic rings. The monoisotopic (exact) mass is 729 g/mol. The molecule has 6 atom stereocenters. The molecule has 4 heterocycles. The summed E-state index contributed by atoms with van der Waals surface area (Å²) in [5.74, 6) is -0.602. The number of hydrogen-bond donors (Lipinski definition) is 4. The maximum atomic E-state index is 14.4. The highest BCUT2D eigenvalue weighted by Gasteiger charge is 2.41. The molecule has 3 aromatic rings. The Labute approximate surface area is 311 Å². The molecular weight excluding hydrogens is 674 g/mol. The van der Waals surface area contributed by atoms with E-state index in [2.05, 4.69) is 27.4 Å². The fraction of sp³-hybridized carbons (Fsp3) is 0.575. The van der Waals surface area contributed by atoms with E-state index in [0.29, 0.717) is 38.8 Å². The third-order valence-electron chi connectivity index (χ3n) is 10.6. The van der Waals surface area contributed by atoms with Crippen LogP contribution in [-0.2, 0) is 43.4 Å².